The van der Waals surface area contributed by atoms with Crippen molar-refractivity contribution in [3.05, 3.63) is 72.3 Å². The topological polar surface area (TPSA) is 82.1 Å². The lowest BCUT2D eigenvalue weighted by molar-refractivity contribution is -0.164. The molecule has 0 N–H and O–H groups in total. The summed E-state index contributed by atoms with van der Waals surface area (Å²) in [7, 11) is 0. The average Bonchev–Trinajstić information content (AvgIpc) is 3.14. The lowest BCUT2D eigenvalue weighted by atomic mass is 9.98. The number of rotatable bonds is 6. The quantitative estimate of drug-likeness (QED) is 0.376. The first kappa shape index (κ1) is 22.6. The number of nitrogens with zero attached hydrogens (tertiary/aromatic N) is 1. The van der Waals surface area contributed by atoms with Gasteiger partial charge in [0.1, 0.15) is 19.3 Å². The highest BCUT2D eigenvalue weighted by Gasteiger charge is 2.43. The largest absolute Gasteiger partial charge is 0.460 e. The molecule has 0 radical (unpaired) electrons. The molecule has 0 bridgehead atoms. The summed E-state index contributed by atoms with van der Waals surface area (Å²) in [4.78, 5) is 38.8. The fraction of sp³-hybridized carbons (Fsp3) is 0.346. The van der Waals surface area contributed by atoms with Crippen LogP contribution >= 0.6 is 0 Å². The van der Waals surface area contributed by atoms with Crippen LogP contribution in [0.2, 0.25) is 0 Å². The summed E-state index contributed by atoms with van der Waals surface area (Å²) >= 11 is 0. The van der Waals surface area contributed by atoms with Gasteiger partial charge in [-0.15, -0.1) is 0 Å². The number of carbonyl (C=O) groups excluding carboxylic acids is 3. The number of piperidine rings is 1. The highest BCUT2D eigenvalue weighted by atomic mass is 16.6. The van der Waals surface area contributed by atoms with Gasteiger partial charge in [-0.05, 0) is 35.1 Å². The maximum Gasteiger partial charge on any atom is 0.410 e. The lowest BCUT2D eigenvalue weighted by Crippen LogP contribution is -2.57. The molecule has 1 amide bonds. The Balaban J connectivity index is 1.52. The Morgan fingerprint density at radius 2 is 1.67 bits per heavy atom. The maximum absolute atomic E-state index is 13.1. The average molecular weight is 450 g/mol. The summed E-state index contributed by atoms with van der Waals surface area (Å²) in [5.74, 6) is -1.26. The molecule has 1 heterocycles. The number of amides is 1. The summed E-state index contributed by atoms with van der Waals surface area (Å²) < 4.78 is 16.3. The molecule has 1 aliphatic heterocycles. The zero-order chi connectivity index (χ0) is 23.4. The molecule has 0 saturated carbocycles. The van der Waals surface area contributed by atoms with Gasteiger partial charge in [-0.1, -0.05) is 61.2 Å². The van der Waals surface area contributed by atoms with Crippen LogP contribution in [-0.4, -0.2) is 54.8 Å². The molecule has 0 unspecified atom stereocenters. The normalized spacial score (nSPS) is 19.2. The SMILES string of the molecule is C=CCOC(=O)[C@@H]1[C@H](OC(C)=O)CCCN1C(=O)OCC1c2ccccc2-c2ccccc21. The predicted octanol–water partition coefficient (Wildman–Crippen LogP) is 4.06. The molecule has 2 atom stereocenters. The number of benzene rings is 2. The van der Waals surface area contributed by atoms with Gasteiger partial charge in [0.15, 0.2) is 6.04 Å². The van der Waals surface area contributed by atoms with Crippen LogP contribution < -0.4 is 0 Å². The van der Waals surface area contributed by atoms with Crippen molar-refractivity contribution in [1.82, 2.24) is 4.90 Å². The minimum absolute atomic E-state index is 0.000649. The number of ether oxygens (including phenoxy) is 3. The minimum Gasteiger partial charge on any atom is -0.460 e. The fourth-order valence-corrected chi connectivity index (χ4v) is 4.68. The van der Waals surface area contributed by atoms with Crippen molar-refractivity contribution in [3.63, 3.8) is 0 Å². The molecule has 4 rings (SSSR count). The molecular formula is C26H27NO6. The molecule has 7 heteroatoms. The molecule has 2 aliphatic rings. The van der Waals surface area contributed by atoms with Crippen molar-refractivity contribution < 1.29 is 28.6 Å². The summed E-state index contributed by atoms with van der Waals surface area (Å²) in [5, 5.41) is 0. The van der Waals surface area contributed by atoms with E-state index in [0.29, 0.717) is 19.4 Å². The molecular weight excluding hydrogens is 422 g/mol. The second-order valence-corrected chi connectivity index (χ2v) is 8.15. The van der Waals surface area contributed by atoms with Crippen molar-refractivity contribution >= 4 is 18.0 Å². The molecule has 2 aromatic rings. The fourth-order valence-electron chi connectivity index (χ4n) is 4.68. The van der Waals surface area contributed by atoms with E-state index >= 15 is 0 Å². The number of carbonyl (C=O) groups is 3. The summed E-state index contributed by atoms with van der Waals surface area (Å²) in [5.41, 5.74) is 4.47. The second kappa shape index (κ2) is 9.90. The summed E-state index contributed by atoms with van der Waals surface area (Å²) in [6, 6.07) is 15.1. The van der Waals surface area contributed by atoms with Crippen LogP contribution in [0.25, 0.3) is 11.1 Å². The third-order valence-corrected chi connectivity index (χ3v) is 6.05. The Kier molecular flexibility index (Phi) is 6.77. The van der Waals surface area contributed by atoms with Gasteiger partial charge < -0.3 is 14.2 Å². The van der Waals surface area contributed by atoms with Crippen molar-refractivity contribution in [1.29, 1.82) is 0 Å². The number of hydrogen-bond donors (Lipinski definition) is 0. The standard InChI is InChI=1S/C26H27NO6/c1-3-15-31-25(29)24-23(33-17(2)28)13-8-14-27(24)26(30)32-16-22-20-11-6-4-9-18(20)19-10-5-7-12-21(19)22/h3-7,9-12,22-24H,1,8,13-16H2,2H3/t23-,24+/m1/s1. The third kappa shape index (κ3) is 4.62. The Hall–Kier alpha value is -3.61. The van der Waals surface area contributed by atoms with E-state index in [1.54, 1.807) is 0 Å². The second-order valence-electron chi connectivity index (χ2n) is 8.15. The number of hydrogen-bond acceptors (Lipinski definition) is 6. The van der Waals surface area contributed by atoms with Gasteiger partial charge in [0, 0.05) is 19.4 Å². The van der Waals surface area contributed by atoms with Gasteiger partial charge >= 0.3 is 18.0 Å². The van der Waals surface area contributed by atoms with Gasteiger partial charge in [-0.2, -0.15) is 0 Å². The van der Waals surface area contributed by atoms with Gasteiger partial charge in [-0.3, -0.25) is 9.69 Å². The van der Waals surface area contributed by atoms with E-state index in [4.69, 9.17) is 14.2 Å². The minimum atomic E-state index is -1.06. The molecule has 172 valence electrons. The Bertz CT molecular complexity index is 1020. The Labute approximate surface area is 192 Å². The van der Waals surface area contributed by atoms with Gasteiger partial charge in [0.05, 0.1) is 0 Å². The van der Waals surface area contributed by atoms with Crippen LogP contribution in [0.4, 0.5) is 4.79 Å². The monoisotopic (exact) mass is 449 g/mol. The van der Waals surface area contributed by atoms with Crippen LogP contribution in [-0.2, 0) is 23.8 Å². The molecule has 33 heavy (non-hydrogen) atoms. The molecule has 1 fully saturated rings. The molecule has 0 aromatic heterocycles. The molecule has 7 nitrogen and oxygen atoms in total. The molecule has 2 aromatic carbocycles. The van der Waals surface area contributed by atoms with E-state index in [9.17, 15) is 14.4 Å². The molecule has 0 spiro atoms. The lowest BCUT2D eigenvalue weighted by Gasteiger charge is -2.38. The van der Waals surface area contributed by atoms with E-state index < -0.39 is 30.2 Å². The van der Waals surface area contributed by atoms with E-state index in [-0.39, 0.29) is 19.1 Å². The zero-order valence-electron chi connectivity index (χ0n) is 18.6. The first-order valence-corrected chi connectivity index (χ1v) is 11.1. The number of likely N-dealkylation sites (tertiary alicyclic amines) is 1. The first-order valence-electron chi connectivity index (χ1n) is 11.1. The van der Waals surface area contributed by atoms with Crippen LogP contribution in [0.3, 0.4) is 0 Å². The zero-order valence-corrected chi connectivity index (χ0v) is 18.6. The Morgan fingerprint density at radius 1 is 1.03 bits per heavy atom. The third-order valence-electron chi connectivity index (χ3n) is 6.05. The smallest absolute Gasteiger partial charge is 0.410 e. The summed E-state index contributed by atoms with van der Waals surface area (Å²) in [6.45, 7) is 5.26. The van der Waals surface area contributed by atoms with Crippen molar-refractivity contribution in [2.45, 2.75) is 37.8 Å². The van der Waals surface area contributed by atoms with E-state index in [0.717, 1.165) is 22.3 Å². The van der Waals surface area contributed by atoms with Gasteiger partial charge in [-0.25, -0.2) is 9.59 Å². The predicted molar refractivity (Wildman–Crippen MR) is 122 cm³/mol. The Morgan fingerprint density at radius 3 is 2.27 bits per heavy atom. The van der Waals surface area contributed by atoms with Crippen LogP contribution in [0, 0.1) is 0 Å². The molecule has 1 saturated heterocycles. The van der Waals surface area contributed by atoms with E-state index in [1.807, 2.05) is 36.4 Å². The molecule has 1 aliphatic carbocycles. The summed E-state index contributed by atoms with van der Waals surface area (Å²) in [6.07, 6.45) is 1.07. The number of esters is 2. The van der Waals surface area contributed by atoms with Crippen molar-refractivity contribution in [3.8, 4) is 11.1 Å². The van der Waals surface area contributed by atoms with Crippen LogP contribution in [0.5, 0.6) is 0 Å². The maximum atomic E-state index is 13.1. The van der Waals surface area contributed by atoms with E-state index in [1.165, 1.54) is 17.9 Å². The van der Waals surface area contributed by atoms with Crippen LogP contribution in [0.15, 0.2) is 61.2 Å². The highest BCUT2D eigenvalue weighted by molar-refractivity contribution is 5.83. The number of fused-ring (bicyclic) bond motifs is 3. The first-order chi connectivity index (χ1) is 16.0. The van der Waals surface area contributed by atoms with Crippen molar-refractivity contribution in [2.75, 3.05) is 19.8 Å². The van der Waals surface area contributed by atoms with Gasteiger partial charge in [0.25, 0.3) is 0 Å². The highest BCUT2D eigenvalue weighted by Crippen LogP contribution is 2.44. The van der Waals surface area contributed by atoms with Crippen molar-refractivity contribution in [2.24, 2.45) is 0 Å². The van der Waals surface area contributed by atoms with E-state index in [2.05, 4.69) is 18.7 Å². The van der Waals surface area contributed by atoms with Gasteiger partial charge in [0.2, 0.25) is 0 Å². The van der Waals surface area contributed by atoms with Crippen LogP contribution in [0.1, 0.15) is 36.8 Å².